The molecule has 0 aromatic carbocycles. The Balaban J connectivity index is 1.74. The molecule has 1 N–H and O–H groups in total. The van der Waals surface area contributed by atoms with Crippen molar-refractivity contribution < 1.29 is 9.21 Å². The molecule has 7 heteroatoms. The van der Waals surface area contributed by atoms with Gasteiger partial charge >= 0.3 is 0 Å². The minimum Gasteiger partial charge on any atom is -0.467 e. The number of amides is 1. The predicted octanol–water partition coefficient (Wildman–Crippen LogP) is 2.09. The van der Waals surface area contributed by atoms with Crippen LogP contribution in [-0.4, -0.2) is 38.5 Å². The number of hydrogen-bond acceptors (Lipinski definition) is 5. The highest BCUT2D eigenvalue weighted by molar-refractivity contribution is 5.99. The van der Waals surface area contributed by atoms with Crippen molar-refractivity contribution in [2.75, 3.05) is 13.1 Å². The van der Waals surface area contributed by atoms with Gasteiger partial charge in [-0.3, -0.25) is 9.69 Å². The largest absolute Gasteiger partial charge is 0.467 e. The second kappa shape index (κ2) is 7.27. The molecule has 0 aliphatic heterocycles. The molecule has 0 aliphatic rings. The molecule has 3 rings (SSSR count). The lowest BCUT2D eigenvalue weighted by Crippen LogP contribution is -2.23. The zero-order valence-corrected chi connectivity index (χ0v) is 13.9. The Morgan fingerprint density at radius 2 is 2.17 bits per heavy atom. The fourth-order valence-electron chi connectivity index (χ4n) is 2.54. The Kier molecular flexibility index (Phi) is 4.90. The average molecular weight is 327 g/mol. The summed E-state index contributed by atoms with van der Waals surface area (Å²) in [7, 11) is 0. The highest BCUT2D eigenvalue weighted by Gasteiger charge is 2.14. The molecule has 24 heavy (non-hydrogen) atoms. The molecular formula is C17H21N5O2. The van der Waals surface area contributed by atoms with E-state index in [0.717, 1.165) is 25.2 Å². The Hall–Kier alpha value is -2.67. The summed E-state index contributed by atoms with van der Waals surface area (Å²) in [5, 5.41) is 7.07. The maximum atomic E-state index is 12.3. The number of nitrogens with zero attached hydrogens (tertiary/aromatic N) is 4. The lowest BCUT2D eigenvalue weighted by Gasteiger charge is -2.17. The van der Waals surface area contributed by atoms with Crippen LogP contribution < -0.4 is 5.32 Å². The van der Waals surface area contributed by atoms with E-state index in [9.17, 15) is 4.79 Å². The monoisotopic (exact) mass is 327 g/mol. The van der Waals surface area contributed by atoms with Crippen molar-refractivity contribution in [2.24, 2.45) is 0 Å². The van der Waals surface area contributed by atoms with E-state index in [1.165, 1.54) is 0 Å². The van der Waals surface area contributed by atoms with E-state index in [2.05, 4.69) is 34.1 Å². The summed E-state index contributed by atoms with van der Waals surface area (Å²) in [6.45, 7) is 7.37. The zero-order chi connectivity index (χ0) is 16.9. The van der Waals surface area contributed by atoms with Crippen molar-refractivity contribution in [3.8, 4) is 0 Å². The van der Waals surface area contributed by atoms with Crippen LogP contribution in [0.4, 0.5) is 0 Å². The number of rotatable bonds is 7. The molecule has 126 valence electrons. The number of nitrogens with one attached hydrogen (secondary N) is 1. The molecule has 0 unspecified atom stereocenters. The van der Waals surface area contributed by atoms with Crippen LogP contribution >= 0.6 is 0 Å². The van der Waals surface area contributed by atoms with E-state index in [-0.39, 0.29) is 5.91 Å². The second-order valence-electron chi connectivity index (χ2n) is 5.51. The lowest BCUT2D eigenvalue weighted by molar-refractivity contribution is 0.0949. The minimum atomic E-state index is -0.217. The fourth-order valence-corrected chi connectivity index (χ4v) is 2.54. The number of carbonyl (C=O) groups excluding carboxylic acids is 1. The molecular weight excluding hydrogens is 306 g/mol. The highest BCUT2D eigenvalue weighted by atomic mass is 16.3. The molecule has 0 spiro atoms. The van der Waals surface area contributed by atoms with Crippen molar-refractivity contribution in [3.63, 3.8) is 0 Å². The van der Waals surface area contributed by atoms with Gasteiger partial charge in [0.1, 0.15) is 11.3 Å². The molecule has 0 bridgehead atoms. The number of fused-ring (bicyclic) bond motifs is 1. The van der Waals surface area contributed by atoms with Gasteiger partial charge in [-0.1, -0.05) is 13.8 Å². The summed E-state index contributed by atoms with van der Waals surface area (Å²) in [4.78, 5) is 19.0. The average Bonchev–Trinajstić information content (AvgIpc) is 3.26. The van der Waals surface area contributed by atoms with Gasteiger partial charge in [0.05, 0.1) is 19.0 Å². The van der Waals surface area contributed by atoms with Crippen LogP contribution in [0, 0.1) is 0 Å². The molecule has 0 saturated heterocycles. The van der Waals surface area contributed by atoms with Gasteiger partial charge < -0.3 is 9.73 Å². The number of aromatic nitrogens is 3. The summed E-state index contributed by atoms with van der Waals surface area (Å²) < 4.78 is 6.86. The summed E-state index contributed by atoms with van der Waals surface area (Å²) in [5.74, 6) is 0.486. The standard InChI is InChI=1S/C17H21N5O2/c1-3-21(4-2)11-13-8-18-16-15(10-20-22(16)12-13)17(23)19-9-14-6-5-7-24-14/h5-8,10,12H,3-4,9,11H2,1-2H3,(H,19,23). The van der Waals surface area contributed by atoms with Gasteiger partial charge in [0.2, 0.25) is 0 Å². The van der Waals surface area contributed by atoms with Crippen molar-refractivity contribution in [3.05, 3.63) is 53.9 Å². The predicted molar refractivity (Wildman–Crippen MR) is 89.5 cm³/mol. The van der Waals surface area contributed by atoms with Crippen LogP contribution in [0.3, 0.4) is 0 Å². The van der Waals surface area contributed by atoms with Crippen LogP contribution in [-0.2, 0) is 13.1 Å². The first-order valence-electron chi connectivity index (χ1n) is 8.06. The van der Waals surface area contributed by atoms with Crippen molar-refractivity contribution in [2.45, 2.75) is 26.9 Å². The summed E-state index contributed by atoms with van der Waals surface area (Å²) in [6, 6.07) is 3.60. The molecule has 0 aliphatic carbocycles. The SMILES string of the molecule is CCN(CC)Cc1cnc2c(C(=O)NCc3ccco3)cnn2c1. The van der Waals surface area contributed by atoms with E-state index in [4.69, 9.17) is 4.42 Å². The maximum Gasteiger partial charge on any atom is 0.257 e. The van der Waals surface area contributed by atoms with Gasteiger partial charge in [-0.2, -0.15) is 5.10 Å². The van der Waals surface area contributed by atoms with E-state index in [0.29, 0.717) is 23.5 Å². The normalized spacial score (nSPS) is 11.3. The third-order valence-electron chi connectivity index (χ3n) is 3.96. The van der Waals surface area contributed by atoms with Crippen LogP contribution in [0.1, 0.15) is 35.5 Å². The summed E-state index contributed by atoms with van der Waals surface area (Å²) >= 11 is 0. The van der Waals surface area contributed by atoms with Crippen molar-refractivity contribution in [1.29, 1.82) is 0 Å². The Morgan fingerprint density at radius 1 is 1.33 bits per heavy atom. The molecule has 0 radical (unpaired) electrons. The highest BCUT2D eigenvalue weighted by Crippen LogP contribution is 2.11. The minimum absolute atomic E-state index is 0.217. The summed E-state index contributed by atoms with van der Waals surface area (Å²) in [6.07, 6.45) is 6.85. The zero-order valence-electron chi connectivity index (χ0n) is 13.9. The van der Waals surface area contributed by atoms with Gasteiger partial charge in [0, 0.05) is 24.5 Å². The third-order valence-corrected chi connectivity index (χ3v) is 3.96. The van der Waals surface area contributed by atoms with Crippen LogP contribution in [0.5, 0.6) is 0 Å². The Labute approximate surface area is 140 Å². The molecule has 0 fully saturated rings. The lowest BCUT2D eigenvalue weighted by atomic mass is 10.3. The van der Waals surface area contributed by atoms with Gasteiger partial charge in [0.15, 0.2) is 5.65 Å². The summed E-state index contributed by atoms with van der Waals surface area (Å²) in [5.41, 5.74) is 2.07. The van der Waals surface area contributed by atoms with Crippen molar-refractivity contribution >= 4 is 11.6 Å². The third kappa shape index (κ3) is 3.46. The van der Waals surface area contributed by atoms with Gasteiger partial charge in [-0.05, 0) is 25.2 Å². The van der Waals surface area contributed by atoms with Crippen LogP contribution in [0.25, 0.3) is 5.65 Å². The van der Waals surface area contributed by atoms with Crippen LogP contribution in [0.15, 0.2) is 41.4 Å². The maximum absolute atomic E-state index is 12.3. The van der Waals surface area contributed by atoms with E-state index in [1.807, 2.05) is 12.3 Å². The smallest absolute Gasteiger partial charge is 0.257 e. The van der Waals surface area contributed by atoms with Gasteiger partial charge in [-0.25, -0.2) is 9.50 Å². The second-order valence-corrected chi connectivity index (χ2v) is 5.51. The first-order valence-corrected chi connectivity index (χ1v) is 8.06. The first kappa shape index (κ1) is 16.2. The quantitative estimate of drug-likeness (QED) is 0.719. The molecule has 3 aromatic rings. The molecule has 7 nitrogen and oxygen atoms in total. The number of carbonyl (C=O) groups is 1. The molecule has 3 aromatic heterocycles. The first-order chi connectivity index (χ1) is 11.7. The Bertz CT molecular complexity index is 806. The van der Waals surface area contributed by atoms with E-state index < -0.39 is 0 Å². The molecule has 1 amide bonds. The Morgan fingerprint density at radius 3 is 2.88 bits per heavy atom. The molecule has 0 atom stereocenters. The van der Waals surface area contributed by atoms with E-state index in [1.54, 1.807) is 29.2 Å². The van der Waals surface area contributed by atoms with Crippen molar-refractivity contribution in [1.82, 2.24) is 24.8 Å². The van der Waals surface area contributed by atoms with Gasteiger partial charge in [-0.15, -0.1) is 0 Å². The number of furan rings is 1. The van der Waals surface area contributed by atoms with Gasteiger partial charge in [0.25, 0.3) is 5.91 Å². The number of hydrogen-bond donors (Lipinski definition) is 1. The molecule has 3 heterocycles. The topological polar surface area (TPSA) is 75.7 Å². The molecule has 0 saturated carbocycles. The fraction of sp³-hybridized carbons (Fsp3) is 0.353. The van der Waals surface area contributed by atoms with E-state index >= 15 is 0 Å². The van der Waals surface area contributed by atoms with Crippen LogP contribution in [0.2, 0.25) is 0 Å².